The van der Waals surface area contributed by atoms with E-state index >= 15 is 0 Å². The Morgan fingerprint density at radius 1 is 1.40 bits per heavy atom. The van der Waals surface area contributed by atoms with Crippen LogP contribution in [0.5, 0.6) is 0 Å². The molecule has 3 aromatic rings. The van der Waals surface area contributed by atoms with E-state index in [1.165, 1.54) is 11.8 Å². The minimum atomic E-state index is -0.436. The number of aromatic nitrogens is 4. The molecule has 0 aliphatic rings. The first kappa shape index (κ1) is 12.4. The van der Waals surface area contributed by atoms with E-state index in [1.54, 1.807) is 12.4 Å². The standard InChI is InChI=1S/C13H9N5OS/c1-20-13-17-10(8(5-14)12(19)18-13)7-3-2-4-9-11(7)16-6-15-9/h2-4,6H,1H3,(H,15,16)(H,17,18,19). The second-order valence-corrected chi connectivity index (χ2v) is 4.81. The van der Waals surface area contributed by atoms with Gasteiger partial charge in [0.2, 0.25) is 0 Å². The topological polar surface area (TPSA) is 98.2 Å². The van der Waals surface area contributed by atoms with Crippen LogP contribution in [0.4, 0.5) is 0 Å². The molecule has 0 saturated heterocycles. The van der Waals surface area contributed by atoms with E-state index < -0.39 is 5.56 Å². The molecule has 2 heterocycles. The van der Waals surface area contributed by atoms with Gasteiger partial charge >= 0.3 is 0 Å². The molecule has 0 amide bonds. The number of para-hydroxylation sites is 1. The van der Waals surface area contributed by atoms with Crippen LogP contribution in [0, 0.1) is 11.3 Å². The fourth-order valence-corrected chi connectivity index (χ4v) is 2.38. The molecular formula is C13H9N5OS. The van der Waals surface area contributed by atoms with Crippen LogP contribution in [-0.2, 0) is 0 Å². The number of rotatable bonds is 2. The average molecular weight is 283 g/mol. The van der Waals surface area contributed by atoms with Gasteiger partial charge < -0.3 is 9.97 Å². The van der Waals surface area contributed by atoms with Crippen molar-refractivity contribution in [2.45, 2.75) is 5.16 Å². The molecular weight excluding hydrogens is 274 g/mol. The fourth-order valence-electron chi connectivity index (χ4n) is 2.00. The molecule has 2 aromatic heterocycles. The maximum Gasteiger partial charge on any atom is 0.270 e. The van der Waals surface area contributed by atoms with Gasteiger partial charge in [0, 0.05) is 5.56 Å². The summed E-state index contributed by atoms with van der Waals surface area (Å²) in [6.45, 7) is 0. The van der Waals surface area contributed by atoms with Gasteiger partial charge in [0.1, 0.15) is 11.6 Å². The van der Waals surface area contributed by atoms with E-state index in [4.69, 9.17) is 0 Å². The normalized spacial score (nSPS) is 10.6. The molecule has 0 fully saturated rings. The SMILES string of the molecule is CSc1nc(-c2cccc3[nH]cnc23)c(C#N)c(=O)[nH]1. The van der Waals surface area contributed by atoms with Crippen LogP contribution in [0.25, 0.3) is 22.3 Å². The minimum absolute atomic E-state index is 0.00157. The highest BCUT2D eigenvalue weighted by molar-refractivity contribution is 7.98. The zero-order valence-electron chi connectivity index (χ0n) is 10.5. The van der Waals surface area contributed by atoms with Crippen LogP contribution in [0.1, 0.15) is 5.56 Å². The molecule has 2 N–H and O–H groups in total. The third-order valence-electron chi connectivity index (χ3n) is 2.91. The van der Waals surface area contributed by atoms with Gasteiger partial charge in [-0.15, -0.1) is 0 Å². The quantitative estimate of drug-likeness (QED) is 0.553. The lowest BCUT2D eigenvalue weighted by Gasteiger charge is -2.05. The van der Waals surface area contributed by atoms with E-state index in [0.717, 1.165) is 5.52 Å². The molecule has 0 spiro atoms. The number of nitriles is 1. The number of nitrogens with one attached hydrogen (secondary N) is 2. The van der Waals surface area contributed by atoms with Crippen molar-refractivity contribution in [3.8, 4) is 17.3 Å². The molecule has 6 nitrogen and oxygen atoms in total. The second-order valence-electron chi connectivity index (χ2n) is 4.01. The summed E-state index contributed by atoms with van der Waals surface area (Å²) < 4.78 is 0. The third kappa shape index (κ3) is 1.87. The summed E-state index contributed by atoms with van der Waals surface area (Å²) in [6, 6.07) is 7.43. The van der Waals surface area contributed by atoms with Gasteiger partial charge in [-0.2, -0.15) is 5.26 Å². The smallest absolute Gasteiger partial charge is 0.270 e. The number of imidazole rings is 1. The Morgan fingerprint density at radius 2 is 2.25 bits per heavy atom. The summed E-state index contributed by atoms with van der Waals surface area (Å²) in [5.41, 5.74) is 2.11. The largest absolute Gasteiger partial charge is 0.345 e. The Morgan fingerprint density at radius 3 is 3.00 bits per heavy atom. The van der Waals surface area contributed by atoms with E-state index in [2.05, 4.69) is 19.9 Å². The van der Waals surface area contributed by atoms with Gasteiger partial charge in [-0.25, -0.2) is 9.97 Å². The van der Waals surface area contributed by atoms with Crippen LogP contribution in [0.3, 0.4) is 0 Å². The van der Waals surface area contributed by atoms with Crippen molar-refractivity contribution in [3.63, 3.8) is 0 Å². The van der Waals surface area contributed by atoms with Crippen LogP contribution < -0.4 is 5.56 Å². The molecule has 0 unspecified atom stereocenters. The summed E-state index contributed by atoms with van der Waals surface area (Å²) in [7, 11) is 0. The number of nitrogens with zero attached hydrogens (tertiary/aromatic N) is 3. The molecule has 0 atom stereocenters. The second kappa shape index (κ2) is 4.83. The van der Waals surface area contributed by atoms with Crippen LogP contribution in [0.15, 0.2) is 34.5 Å². The zero-order valence-corrected chi connectivity index (χ0v) is 11.3. The molecule has 1 aromatic carbocycles. The van der Waals surface area contributed by atoms with Crippen molar-refractivity contribution in [2.24, 2.45) is 0 Å². The van der Waals surface area contributed by atoms with Crippen molar-refractivity contribution in [3.05, 3.63) is 40.4 Å². The van der Waals surface area contributed by atoms with Crippen molar-refractivity contribution in [2.75, 3.05) is 6.26 Å². The fraction of sp³-hybridized carbons (Fsp3) is 0.0769. The van der Waals surface area contributed by atoms with Gasteiger partial charge in [-0.1, -0.05) is 23.9 Å². The number of benzene rings is 1. The number of thioether (sulfide) groups is 1. The third-order valence-corrected chi connectivity index (χ3v) is 3.49. The van der Waals surface area contributed by atoms with E-state index in [9.17, 15) is 10.1 Å². The van der Waals surface area contributed by atoms with Crippen molar-refractivity contribution >= 4 is 22.8 Å². The Labute approximate surface area is 117 Å². The van der Waals surface area contributed by atoms with E-state index in [0.29, 0.717) is 21.9 Å². The Balaban J connectivity index is 2.39. The van der Waals surface area contributed by atoms with Crippen molar-refractivity contribution < 1.29 is 0 Å². The highest BCUT2D eigenvalue weighted by Crippen LogP contribution is 2.27. The van der Waals surface area contributed by atoms with Crippen molar-refractivity contribution in [1.82, 2.24) is 19.9 Å². The molecule has 3 rings (SSSR count). The predicted octanol–water partition coefficient (Wildman–Crippen LogP) is 1.91. The van der Waals surface area contributed by atoms with E-state index in [-0.39, 0.29) is 5.56 Å². The molecule has 20 heavy (non-hydrogen) atoms. The zero-order chi connectivity index (χ0) is 14.1. The Kier molecular flexibility index (Phi) is 3.00. The lowest BCUT2D eigenvalue weighted by atomic mass is 10.1. The van der Waals surface area contributed by atoms with Crippen LogP contribution in [-0.4, -0.2) is 26.2 Å². The van der Waals surface area contributed by atoms with Gasteiger partial charge in [-0.3, -0.25) is 4.79 Å². The number of hydrogen-bond acceptors (Lipinski definition) is 5. The molecule has 7 heteroatoms. The van der Waals surface area contributed by atoms with Crippen molar-refractivity contribution in [1.29, 1.82) is 5.26 Å². The maximum absolute atomic E-state index is 11.9. The lowest BCUT2D eigenvalue weighted by molar-refractivity contribution is 0.938. The highest BCUT2D eigenvalue weighted by atomic mass is 32.2. The molecule has 0 aliphatic carbocycles. The molecule has 0 radical (unpaired) electrons. The number of H-pyrrole nitrogens is 2. The molecule has 98 valence electrons. The Bertz CT molecular complexity index is 890. The first-order chi connectivity index (χ1) is 9.74. The summed E-state index contributed by atoms with van der Waals surface area (Å²) in [6.07, 6.45) is 3.38. The predicted molar refractivity (Wildman–Crippen MR) is 76.4 cm³/mol. The maximum atomic E-state index is 11.9. The van der Waals surface area contributed by atoms with Crippen LogP contribution in [0.2, 0.25) is 0 Å². The van der Waals surface area contributed by atoms with Gasteiger partial charge in [-0.05, 0) is 12.3 Å². The molecule has 0 saturated carbocycles. The number of hydrogen-bond donors (Lipinski definition) is 2. The highest BCUT2D eigenvalue weighted by Gasteiger charge is 2.16. The number of aromatic amines is 2. The number of fused-ring (bicyclic) bond motifs is 1. The first-order valence-corrected chi connectivity index (χ1v) is 6.98. The summed E-state index contributed by atoms with van der Waals surface area (Å²) in [5.74, 6) is 0. The average Bonchev–Trinajstić information content (AvgIpc) is 2.94. The van der Waals surface area contributed by atoms with Gasteiger partial charge in [0.25, 0.3) is 5.56 Å². The van der Waals surface area contributed by atoms with E-state index in [1.807, 2.05) is 24.5 Å². The summed E-state index contributed by atoms with van der Waals surface area (Å²) in [4.78, 5) is 26.1. The van der Waals surface area contributed by atoms with Gasteiger partial charge in [0.05, 0.1) is 23.1 Å². The summed E-state index contributed by atoms with van der Waals surface area (Å²) in [5, 5.41) is 9.67. The molecule has 0 bridgehead atoms. The monoisotopic (exact) mass is 283 g/mol. The van der Waals surface area contributed by atoms with Crippen LogP contribution >= 0.6 is 11.8 Å². The first-order valence-electron chi connectivity index (χ1n) is 5.75. The van der Waals surface area contributed by atoms with Gasteiger partial charge in [0.15, 0.2) is 5.16 Å². The summed E-state index contributed by atoms with van der Waals surface area (Å²) >= 11 is 1.31. The minimum Gasteiger partial charge on any atom is -0.345 e. The lowest BCUT2D eigenvalue weighted by Crippen LogP contribution is -2.14. The molecule has 0 aliphatic heterocycles. The Hall–Kier alpha value is -2.59.